The minimum atomic E-state index is -0.0655. The molecule has 1 aliphatic rings. The van der Waals surface area contributed by atoms with E-state index in [-0.39, 0.29) is 17.7 Å². The van der Waals surface area contributed by atoms with Crippen LogP contribution in [0.5, 0.6) is 0 Å². The summed E-state index contributed by atoms with van der Waals surface area (Å²) in [6.45, 7) is 4.65. The zero-order chi connectivity index (χ0) is 12.5. The number of carbonyl (C=O) groups excluding carboxylic acids is 2. The van der Waals surface area contributed by atoms with Crippen LogP contribution in [0.4, 0.5) is 0 Å². The summed E-state index contributed by atoms with van der Waals surface area (Å²) in [6, 6.07) is 0. The summed E-state index contributed by atoms with van der Waals surface area (Å²) in [4.78, 5) is 22.6. The van der Waals surface area contributed by atoms with Crippen LogP contribution in [0.15, 0.2) is 0 Å². The molecule has 1 saturated heterocycles. The maximum Gasteiger partial charge on any atom is 0.224 e. The van der Waals surface area contributed by atoms with E-state index in [4.69, 9.17) is 4.74 Å². The Morgan fingerprint density at radius 1 is 1.53 bits per heavy atom. The van der Waals surface area contributed by atoms with Crippen LogP contribution < -0.4 is 10.6 Å². The minimum Gasteiger partial charge on any atom is -0.381 e. The van der Waals surface area contributed by atoms with Gasteiger partial charge in [-0.25, -0.2) is 0 Å². The van der Waals surface area contributed by atoms with Crippen LogP contribution in [-0.2, 0) is 14.3 Å². The molecule has 2 N–H and O–H groups in total. The van der Waals surface area contributed by atoms with Gasteiger partial charge in [-0.05, 0) is 19.3 Å². The maximum atomic E-state index is 11.7. The van der Waals surface area contributed by atoms with E-state index in [0.29, 0.717) is 32.5 Å². The van der Waals surface area contributed by atoms with Gasteiger partial charge in [-0.15, -0.1) is 0 Å². The summed E-state index contributed by atoms with van der Waals surface area (Å²) in [7, 11) is 0. The van der Waals surface area contributed by atoms with Crippen molar-refractivity contribution in [3.63, 3.8) is 0 Å². The lowest BCUT2D eigenvalue weighted by Gasteiger charge is -2.21. The van der Waals surface area contributed by atoms with Crippen molar-refractivity contribution >= 4 is 11.8 Å². The molecule has 17 heavy (non-hydrogen) atoms. The number of piperidine rings is 1. The molecule has 1 atom stereocenters. The summed E-state index contributed by atoms with van der Waals surface area (Å²) >= 11 is 0. The molecule has 0 aromatic heterocycles. The lowest BCUT2D eigenvalue weighted by molar-refractivity contribution is -0.128. The zero-order valence-corrected chi connectivity index (χ0v) is 10.5. The van der Waals surface area contributed by atoms with Crippen LogP contribution in [0, 0.1) is 5.92 Å². The fourth-order valence-electron chi connectivity index (χ4n) is 1.73. The standard InChI is InChI=1S/C12H22N2O3/c1-2-7-17-8-3-6-13-12(16)10-4-5-11(15)14-9-10/h10H,2-9H2,1H3,(H,13,16)(H,14,15). The lowest BCUT2D eigenvalue weighted by atomic mass is 9.98. The summed E-state index contributed by atoms with van der Waals surface area (Å²) in [5.41, 5.74) is 0. The fraction of sp³-hybridized carbons (Fsp3) is 0.833. The van der Waals surface area contributed by atoms with Crippen molar-refractivity contribution in [2.75, 3.05) is 26.3 Å². The Balaban J connectivity index is 2.03. The number of ether oxygens (including phenoxy) is 1. The van der Waals surface area contributed by atoms with Crippen LogP contribution in [0.1, 0.15) is 32.6 Å². The Morgan fingerprint density at radius 2 is 2.35 bits per heavy atom. The molecule has 2 amide bonds. The van der Waals surface area contributed by atoms with Crippen LogP contribution in [0.3, 0.4) is 0 Å². The van der Waals surface area contributed by atoms with Crippen LogP contribution in [-0.4, -0.2) is 38.1 Å². The van der Waals surface area contributed by atoms with E-state index in [9.17, 15) is 9.59 Å². The molecule has 0 aromatic carbocycles. The molecular formula is C12H22N2O3. The third-order valence-corrected chi connectivity index (χ3v) is 2.75. The summed E-state index contributed by atoms with van der Waals surface area (Å²) in [5.74, 6) is 0.0202. The molecule has 1 heterocycles. The molecule has 0 saturated carbocycles. The van der Waals surface area contributed by atoms with E-state index < -0.39 is 0 Å². The van der Waals surface area contributed by atoms with Gasteiger partial charge in [0.25, 0.3) is 0 Å². The van der Waals surface area contributed by atoms with Crippen molar-refractivity contribution in [1.82, 2.24) is 10.6 Å². The molecule has 1 unspecified atom stereocenters. The van der Waals surface area contributed by atoms with Crippen molar-refractivity contribution in [1.29, 1.82) is 0 Å². The Labute approximate surface area is 102 Å². The molecule has 0 bridgehead atoms. The van der Waals surface area contributed by atoms with Gasteiger partial charge in [-0.3, -0.25) is 9.59 Å². The van der Waals surface area contributed by atoms with Crippen LogP contribution in [0.2, 0.25) is 0 Å². The largest absolute Gasteiger partial charge is 0.381 e. The number of nitrogens with one attached hydrogen (secondary N) is 2. The predicted molar refractivity (Wildman–Crippen MR) is 64.5 cm³/mol. The Morgan fingerprint density at radius 3 is 3.00 bits per heavy atom. The average Bonchev–Trinajstić information content (AvgIpc) is 2.34. The second-order valence-corrected chi connectivity index (χ2v) is 4.30. The van der Waals surface area contributed by atoms with Crippen molar-refractivity contribution in [3.05, 3.63) is 0 Å². The fourth-order valence-corrected chi connectivity index (χ4v) is 1.73. The monoisotopic (exact) mass is 242 g/mol. The lowest BCUT2D eigenvalue weighted by Crippen LogP contribution is -2.43. The van der Waals surface area contributed by atoms with Gasteiger partial charge in [0.2, 0.25) is 11.8 Å². The van der Waals surface area contributed by atoms with Crippen molar-refractivity contribution in [2.24, 2.45) is 5.92 Å². The number of hydrogen-bond donors (Lipinski definition) is 2. The van der Waals surface area contributed by atoms with Gasteiger partial charge in [-0.1, -0.05) is 6.92 Å². The first kappa shape index (κ1) is 14.0. The predicted octanol–water partition coefficient (Wildman–Crippen LogP) is 0.446. The zero-order valence-electron chi connectivity index (χ0n) is 10.5. The Kier molecular flexibility index (Phi) is 6.62. The van der Waals surface area contributed by atoms with E-state index >= 15 is 0 Å². The third-order valence-electron chi connectivity index (χ3n) is 2.75. The van der Waals surface area contributed by atoms with Gasteiger partial charge in [0.05, 0.1) is 5.92 Å². The smallest absolute Gasteiger partial charge is 0.224 e. The SMILES string of the molecule is CCCOCCCNC(=O)C1CCC(=O)NC1. The van der Waals surface area contributed by atoms with Crippen molar-refractivity contribution in [2.45, 2.75) is 32.6 Å². The first-order chi connectivity index (χ1) is 8.24. The van der Waals surface area contributed by atoms with E-state index in [1.54, 1.807) is 0 Å². The second kappa shape index (κ2) is 8.06. The van der Waals surface area contributed by atoms with Gasteiger partial charge in [0.1, 0.15) is 0 Å². The molecule has 0 aromatic rings. The van der Waals surface area contributed by atoms with Gasteiger partial charge in [0.15, 0.2) is 0 Å². The second-order valence-electron chi connectivity index (χ2n) is 4.30. The molecule has 1 rings (SSSR count). The van der Waals surface area contributed by atoms with E-state index in [1.165, 1.54) is 0 Å². The first-order valence-electron chi connectivity index (χ1n) is 6.36. The topological polar surface area (TPSA) is 67.4 Å². The molecule has 0 aliphatic carbocycles. The number of carbonyl (C=O) groups is 2. The van der Waals surface area contributed by atoms with Crippen molar-refractivity contribution < 1.29 is 14.3 Å². The molecule has 1 fully saturated rings. The van der Waals surface area contributed by atoms with E-state index in [1.807, 2.05) is 0 Å². The highest BCUT2D eigenvalue weighted by Gasteiger charge is 2.23. The highest BCUT2D eigenvalue weighted by molar-refractivity contribution is 5.83. The van der Waals surface area contributed by atoms with Crippen molar-refractivity contribution in [3.8, 4) is 0 Å². The van der Waals surface area contributed by atoms with Gasteiger partial charge >= 0.3 is 0 Å². The molecule has 5 heteroatoms. The van der Waals surface area contributed by atoms with Crippen LogP contribution >= 0.6 is 0 Å². The number of amides is 2. The highest BCUT2D eigenvalue weighted by atomic mass is 16.5. The van der Waals surface area contributed by atoms with E-state index in [2.05, 4.69) is 17.6 Å². The minimum absolute atomic E-state index is 0.0421. The van der Waals surface area contributed by atoms with Gasteiger partial charge < -0.3 is 15.4 Å². The number of rotatable bonds is 7. The maximum absolute atomic E-state index is 11.7. The third kappa shape index (κ3) is 5.68. The summed E-state index contributed by atoms with van der Waals surface area (Å²) < 4.78 is 5.32. The molecule has 1 aliphatic heterocycles. The van der Waals surface area contributed by atoms with E-state index in [0.717, 1.165) is 19.4 Å². The molecule has 5 nitrogen and oxygen atoms in total. The molecular weight excluding hydrogens is 220 g/mol. The molecule has 0 radical (unpaired) electrons. The van der Waals surface area contributed by atoms with Crippen LogP contribution in [0.25, 0.3) is 0 Å². The van der Waals surface area contributed by atoms with Gasteiger partial charge in [0, 0.05) is 32.7 Å². The Hall–Kier alpha value is -1.10. The molecule has 98 valence electrons. The summed E-state index contributed by atoms with van der Waals surface area (Å²) in [5, 5.41) is 5.58. The summed E-state index contributed by atoms with van der Waals surface area (Å²) in [6.07, 6.45) is 2.97. The quantitative estimate of drug-likeness (QED) is 0.637. The van der Waals surface area contributed by atoms with Gasteiger partial charge in [-0.2, -0.15) is 0 Å². The highest BCUT2D eigenvalue weighted by Crippen LogP contribution is 2.10. The normalized spacial score (nSPS) is 19.8. The first-order valence-corrected chi connectivity index (χ1v) is 6.36. The molecule has 0 spiro atoms. The Bertz CT molecular complexity index is 246. The average molecular weight is 242 g/mol. The number of hydrogen-bond acceptors (Lipinski definition) is 3.